The third kappa shape index (κ3) is 3.22. The lowest BCUT2D eigenvalue weighted by Gasteiger charge is -2.08. The van der Waals surface area contributed by atoms with E-state index in [2.05, 4.69) is 10.3 Å². The van der Waals surface area contributed by atoms with Crippen molar-refractivity contribution in [2.24, 2.45) is 0 Å². The summed E-state index contributed by atoms with van der Waals surface area (Å²) in [6.07, 6.45) is -4.44. The zero-order valence-electron chi connectivity index (χ0n) is 12.8. The molecule has 5 nitrogen and oxygen atoms in total. The van der Waals surface area contributed by atoms with Crippen LogP contribution < -0.4 is 16.6 Å². The van der Waals surface area contributed by atoms with E-state index in [9.17, 15) is 22.8 Å². The second-order valence-corrected chi connectivity index (χ2v) is 6.42. The molecule has 0 aliphatic rings. The zero-order valence-corrected chi connectivity index (χ0v) is 13.6. The fraction of sp³-hybridized carbons (Fsp3) is 0.125. The molecule has 0 saturated carbocycles. The molecule has 3 aromatic rings. The molecular formula is C16H12F3N3O2S. The van der Waals surface area contributed by atoms with E-state index in [-0.39, 0.29) is 21.8 Å². The topological polar surface area (TPSA) is 88.0 Å². The fourth-order valence-electron chi connectivity index (χ4n) is 2.44. The van der Waals surface area contributed by atoms with Gasteiger partial charge >= 0.3 is 6.18 Å². The Balaban J connectivity index is 1.91. The summed E-state index contributed by atoms with van der Waals surface area (Å²) in [5, 5.41) is 3.09. The van der Waals surface area contributed by atoms with Crippen LogP contribution in [-0.4, -0.2) is 10.9 Å². The van der Waals surface area contributed by atoms with Crippen LogP contribution in [0.4, 0.5) is 24.5 Å². The van der Waals surface area contributed by atoms with Gasteiger partial charge in [-0.1, -0.05) is 0 Å². The number of pyridine rings is 1. The van der Waals surface area contributed by atoms with Crippen molar-refractivity contribution in [2.75, 3.05) is 11.1 Å². The highest BCUT2D eigenvalue weighted by atomic mass is 32.1. The zero-order chi connectivity index (χ0) is 18.4. The fourth-order valence-corrected chi connectivity index (χ4v) is 3.52. The van der Waals surface area contributed by atoms with Crippen LogP contribution >= 0.6 is 11.3 Å². The molecule has 1 aromatic carbocycles. The number of hydrogen-bond acceptors (Lipinski definition) is 4. The average Bonchev–Trinajstić information content (AvgIpc) is 2.84. The third-order valence-electron chi connectivity index (χ3n) is 3.60. The van der Waals surface area contributed by atoms with Crippen LogP contribution in [0.25, 0.3) is 10.2 Å². The van der Waals surface area contributed by atoms with Crippen molar-refractivity contribution in [3.05, 3.63) is 56.7 Å². The first-order valence-corrected chi connectivity index (χ1v) is 7.89. The molecule has 4 N–H and O–H groups in total. The molecule has 0 saturated heterocycles. The summed E-state index contributed by atoms with van der Waals surface area (Å²) in [7, 11) is 0. The highest BCUT2D eigenvalue weighted by Gasteiger charge is 2.30. The van der Waals surface area contributed by atoms with Gasteiger partial charge in [0.05, 0.1) is 11.3 Å². The molecule has 0 aliphatic heterocycles. The number of anilines is 2. The number of nitrogens with two attached hydrogens (primary N) is 1. The SMILES string of the molecule is Cc1cc(=O)[nH]c2sc(C(=O)Nc3ccc(C(F)(F)F)cc3)c(N)c12. The molecule has 0 bridgehead atoms. The molecule has 2 aromatic heterocycles. The Labute approximate surface area is 143 Å². The molecule has 1 amide bonds. The number of aromatic nitrogens is 1. The Morgan fingerprint density at radius 2 is 1.88 bits per heavy atom. The van der Waals surface area contributed by atoms with Crippen molar-refractivity contribution in [3.63, 3.8) is 0 Å². The predicted octanol–water partition coefficient (Wildman–Crippen LogP) is 3.75. The lowest BCUT2D eigenvalue weighted by molar-refractivity contribution is -0.137. The highest BCUT2D eigenvalue weighted by molar-refractivity contribution is 7.21. The number of carbonyl (C=O) groups is 1. The van der Waals surface area contributed by atoms with Gasteiger partial charge in [-0.05, 0) is 36.8 Å². The maximum absolute atomic E-state index is 12.6. The molecule has 0 fully saturated rings. The van der Waals surface area contributed by atoms with Gasteiger partial charge in [0.2, 0.25) is 5.56 Å². The number of alkyl halides is 3. The summed E-state index contributed by atoms with van der Waals surface area (Å²) in [5.74, 6) is -0.557. The maximum Gasteiger partial charge on any atom is 0.416 e. The second-order valence-electron chi connectivity index (χ2n) is 5.39. The Kier molecular flexibility index (Phi) is 4.03. The van der Waals surface area contributed by atoms with Crippen LogP contribution in [0.3, 0.4) is 0 Å². The lowest BCUT2D eigenvalue weighted by atomic mass is 10.1. The summed E-state index contributed by atoms with van der Waals surface area (Å²) < 4.78 is 37.7. The number of aromatic amines is 1. The van der Waals surface area contributed by atoms with Crippen molar-refractivity contribution < 1.29 is 18.0 Å². The van der Waals surface area contributed by atoms with E-state index in [0.29, 0.717) is 15.8 Å². The number of fused-ring (bicyclic) bond motifs is 1. The van der Waals surface area contributed by atoms with Crippen molar-refractivity contribution in [1.29, 1.82) is 0 Å². The van der Waals surface area contributed by atoms with E-state index in [1.54, 1.807) is 6.92 Å². The van der Waals surface area contributed by atoms with Crippen molar-refractivity contribution >= 4 is 38.8 Å². The number of hydrogen-bond donors (Lipinski definition) is 3. The molecule has 0 radical (unpaired) electrons. The van der Waals surface area contributed by atoms with Gasteiger partial charge in [0, 0.05) is 17.1 Å². The summed E-state index contributed by atoms with van der Waals surface area (Å²) in [6, 6.07) is 5.47. The van der Waals surface area contributed by atoms with E-state index in [4.69, 9.17) is 5.73 Å². The first kappa shape index (κ1) is 17.0. The van der Waals surface area contributed by atoms with Crippen LogP contribution in [0.1, 0.15) is 20.8 Å². The maximum atomic E-state index is 12.6. The number of benzene rings is 1. The van der Waals surface area contributed by atoms with Gasteiger partial charge in [-0.25, -0.2) is 0 Å². The number of amides is 1. The van der Waals surface area contributed by atoms with Gasteiger partial charge in [0.25, 0.3) is 5.91 Å². The van der Waals surface area contributed by atoms with Crippen LogP contribution in [0.15, 0.2) is 35.1 Å². The first-order valence-electron chi connectivity index (χ1n) is 7.07. The minimum atomic E-state index is -4.44. The average molecular weight is 367 g/mol. The van der Waals surface area contributed by atoms with Crippen molar-refractivity contribution in [2.45, 2.75) is 13.1 Å². The molecule has 9 heteroatoms. The number of H-pyrrole nitrogens is 1. The largest absolute Gasteiger partial charge is 0.416 e. The Bertz CT molecular complexity index is 1020. The molecule has 0 unspecified atom stereocenters. The van der Waals surface area contributed by atoms with Crippen molar-refractivity contribution in [1.82, 2.24) is 4.98 Å². The third-order valence-corrected chi connectivity index (χ3v) is 4.72. The smallest absolute Gasteiger partial charge is 0.397 e. The van der Waals surface area contributed by atoms with Crippen LogP contribution in [0, 0.1) is 6.92 Å². The molecule has 25 heavy (non-hydrogen) atoms. The standard InChI is InChI=1S/C16H12F3N3O2S/c1-7-6-10(23)22-15-11(7)12(20)13(25-15)14(24)21-9-4-2-8(3-5-9)16(17,18)19/h2-6H,20H2,1H3,(H,21,24)(H,22,23). The van der Waals surface area contributed by atoms with Crippen LogP contribution in [0.5, 0.6) is 0 Å². The molecular weight excluding hydrogens is 355 g/mol. The number of rotatable bonds is 2. The van der Waals surface area contributed by atoms with Gasteiger partial charge in [0.15, 0.2) is 0 Å². The van der Waals surface area contributed by atoms with Gasteiger partial charge < -0.3 is 16.0 Å². The monoisotopic (exact) mass is 367 g/mol. The summed E-state index contributed by atoms with van der Waals surface area (Å²) in [6.45, 7) is 1.71. The Morgan fingerprint density at radius 3 is 2.48 bits per heavy atom. The minimum Gasteiger partial charge on any atom is -0.397 e. The first-order chi connectivity index (χ1) is 11.7. The van der Waals surface area contributed by atoms with E-state index in [0.717, 1.165) is 35.6 Å². The quantitative estimate of drug-likeness (QED) is 0.645. The van der Waals surface area contributed by atoms with Crippen LogP contribution in [-0.2, 0) is 6.18 Å². The Morgan fingerprint density at radius 1 is 1.24 bits per heavy atom. The van der Waals surface area contributed by atoms with Gasteiger partial charge in [0.1, 0.15) is 9.71 Å². The summed E-state index contributed by atoms with van der Waals surface area (Å²) in [4.78, 5) is 27.2. The van der Waals surface area contributed by atoms with Gasteiger partial charge in [-0.15, -0.1) is 11.3 Å². The Hall–Kier alpha value is -2.81. The number of thiophene rings is 1. The number of nitrogens with one attached hydrogen (secondary N) is 2. The predicted molar refractivity (Wildman–Crippen MR) is 91.0 cm³/mol. The number of nitrogen functional groups attached to an aromatic ring is 1. The van der Waals surface area contributed by atoms with E-state index in [1.165, 1.54) is 6.07 Å². The molecule has 0 aliphatic carbocycles. The van der Waals surface area contributed by atoms with Crippen LogP contribution in [0.2, 0.25) is 0 Å². The second kappa shape index (κ2) is 5.92. The normalized spacial score (nSPS) is 11.7. The number of aryl methyl sites for hydroxylation is 1. The molecule has 3 rings (SSSR count). The van der Waals surface area contributed by atoms with Gasteiger partial charge in [-0.2, -0.15) is 13.2 Å². The van der Waals surface area contributed by atoms with E-state index < -0.39 is 17.6 Å². The van der Waals surface area contributed by atoms with E-state index in [1.807, 2.05) is 0 Å². The minimum absolute atomic E-state index is 0.180. The van der Waals surface area contributed by atoms with Crippen molar-refractivity contribution in [3.8, 4) is 0 Å². The molecule has 0 spiro atoms. The summed E-state index contributed by atoms with van der Waals surface area (Å²) in [5.41, 5.74) is 5.96. The number of halogens is 3. The number of carbonyl (C=O) groups excluding carboxylic acids is 1. The lowest BCUT2D eigenvalue weighted by Crippen LogP contribution is -2.12. The van der Waals surface area contributed by atoms with Gasteiger partial charge in [-0.3, -0.25) is 9.59 Å². The highest BCUT2D eigenvalue weighted by Crippen LogP contribution is 2.34. The molecule has 130 valence electrons. The molecule has 2 heterocycles. The van der Waals surface area contributed by atoms with E-state index >= 15 is 0 Å². The molecule has 0 atom stereocenters. The summed E-state index contributed by atoms with van der Waals surface area (Å²) >= 11 is 1.01.